The highest BCUT2D eigenvalue weighted by molar-refractivity contribution is 6.35. The second-order valence-electron chi connectivity index (χ2n) is 9.23. The highest BCUT2D eigenvalue weighted by atomic mass is 16.5. The van der Waals surface area contributed by atoms with Gasteiger partial charge in [-0.2, -0.15) is 0 Å². The Kier molecular flexibility index (Phi) is 4.62. The second kappa shape index (κ2) is 8.00. The summed E-state index contributed by atoms with van der Waals surface area (Å²) in [5.74, 6) is 1.74. The highest BCUT2D eigenvalue weighted by Crippen LogP contribution is 2.45. The summed E-state index contributed by atoms with van der Waals surface area (Å²) >= 11 is 0. The van der Waals surface area contributed by atoms with Crippen LogP contribution in [0.4, 0.5) is 0 Å². The van der Waals surface area contributed by atoms with Crippen LogP contribution in [0.3, 0.4) is 0 Å². The molecule has 0 aliphatic carbocycles. The van der Waals surface area contributed by atoms with Crippen LogP contribution >= 0.6 is 0 Å². The monoisotopic (exact) mass is 464 g/mol. The molecule has 0 atom stereocenters. The molecule has 0 fully saturated rings. The van der Waals surface area contributed by atoms with E-state index < -0.39 is 0 Å². The smallest absolute Gasteiger partial charge is 0.118 e. The maximum atomic E-state index is 5.38. The van der Waals surface area contributed by atoms with Gasteiger partial charge in [0, 0.05) is 0 Å². The average Bonchev–Trinajstić information content (AvgIpc) is 2.95. The maximum absolute atomic E-state index is 5.38. The van der Waals surface area contributed by atoms with Crippen LogP contribution in [0.2, 0.25) is 0 Å². The van der Waals surface area contributed by atoms with E-state index in [1.165, 1.54) is 65.3 Å². The van der Waals surface area contributed by atoms with Crippen LogP contribution in [0.15, 0.2) is 109 Å². The fourth-order valence-electron chi connectivity index (χ4n) is 5.76. The highest BCUT2D eigenvalue weighted by Gasteiger charge is 2.17. The SMILES string of the molecule is COc1ccc(-c2ccc3c4ccc(-c5ccc(OC)cc5)c5cccc(c6cccc2c63)c54)cc1. The van der Waals surface area contributed by atoms with Crippen molar-refractivity contribution in [2.24, 2.45) is 0 Å². The van der Waals surface area contributed by atoms with Gasteiger partial charge < -0.3 is 9.47 Å². The van der Waals surface area contributed by atoms with Crippen LogP contribution < -0.4 is 9.47 Å². The van der Waals surface area contributed by atoms with Crippen molar-refractivity contribution in [3.63, 3.8) is 0 Å². The van der Waals surface area contributed by atoms with Crippen molar-refractivity contribution < 1.29 is 9.47 Å². The Bertz CT molecular complexity index is 1720. The molecule has 0 amide bonds. The zero-order valence-corrected chi connectivity index (χ0v) is 20.2. The molecule has 0 radical (unpaired) electrons. The van der Waals surface area contributed by atoms with Crippen molar-refractivity contribution in [3.8, 4) is 33.8 Å². The average molecular weight is 465 g/mol. The van der Waals surface area contributed by atoms with E-state index in [0.717, 1.165) is 11.5 Å². The Labute approximate surface area is 209 Å². The Morgan fingerprint density at radius 1 is 0.361 bits per heavy atom. The summed E-state index contributed by atoms with van der Waals surface area (Å²) in [5.41, 5.74) is 4.86. The summed E-state index contributed by atoms with van der Waals surface area (Å²) in [4.78, 5) is 0. The van der Waals surface area contributed by atoms with Gasteiger partial charge in [-0.25, -0.2) is 0 Å². The van der Waals surface area contributed by atoms with Crippen molar-refractivity contribution in [2.75, 3.05) is 14.2 Å². The number of fused-ring (bicyclic) bond motifs is 2. The van der Waals surface area contributed by atoms with Gasteiger partial charge in [0.2, 0.25) is 0 Å². The lowest BCUT2D eigenvalue weighted by Gasteiger charge is -2.18. The molecule has 0 saturated carbocycles. The minimum Gasteiger partial charge on any atom is -0.497 e. The number of ether oxygens (including phenoxy) is 2. The van der Waals surface area contributed by atoms with Gasteiger partial charge in [-0.1, -0.05) is 84.9 Å². The van der Waals surface area contributed by atoms with Crippen LogP contribution in [-0.4, -0.2) is 14.2 Å². The maximum Gasteiger partial charge on any atom is 0.118 e. The van der Waals surface area contributed by atoms with Crippen LogP contribution in [0.1, 0.15) is 0 Å². The molecule has 0 bridgehead atoms. The van der Waals surface area contributed by atoms with Gasteiger partial charge in [-0.3, -0.25) is 0 Å². The first-order chi connectivity index (χ1) is 17.8. The first-order valence-electron chi connectivity index (χ1n) is 12.2. The molecule has 0 aromatic heterocycles. The van der Waals surface area contributed by atoms with Crippen LogP contribution in [-0.2, 0) is 0 Å². The first kappa shape index (κ1) is 20.8. The van der Waals surface area contributed by atoms with Crippen molar-refractivity contribution in [3.05, 3.63) is 109 Å². The molecule has 172 valence electrons. The standard InChI is InChI=1S/C34H24O2/c1-35-23-13-9-21(10-14-23)25-17-19-31-32-20-18-26(22-11-15-24(36-2)16-12-22)28-6-4-8-30(34(28)32)29-7-3-5-27(25)33(29)31/h3-20H,1-2H3. The molecule has 2 nitrogen and oxygen atoms in total. The van der Waals surface area contributed by atoms with Gasteiger partial charge in [0.05, 0.1) is 14.2 Å². The lowest BCUT2D eigenvalue weighted by Crippen LogP contribution is -1.91. The fraction of sp³-hybridized carbons (Fsp3) is 0.0588. The van der Waals surface area contributed by atoms with E-state index >= 15 is 0 Å². The van der Waals surface area contributed by atoms with Gasteiger partial charge in [-0.05, 0) is 89.6 Å². The minimum atomic E-state index is 0.870. The summed E-state index contributed by atoms with van der Waals surface area (Å²) < 4.78 is 10.8. The molecule has 0 saturated heterocycles. The van der Waals surface area contributed by atoms with Crippen LogP contribution in [0.25, 0.3) is 65.3 Å². The van der Waals surface area contributed by atoms with Crippen molar-refractivity contribution in [1.29, 1.82) is 0 Å². The Morgan fingerprint density at radius 2 is 0.722 bits per heavy atom. The molecular formula is C34H24O2. The molecule has 0 heterocycles. The largest absolute Gasteiger partial charge is 0.497 e. The van der Waals surface area contributed by atoms with Crippen molar-refractivity contribution in [1.82, 2.24) is 0 Å². The second-order valence-corrected chi connectivity index (χ2v) is 9.23. The van der Waals surface area contributed by atoms with Crippen molar-refractivity contribution >= 4 is 43.1 Å². The quantitative estimate of drug-likeness (QED) is 0.191. The number of methoxy groups -OCH3 is 2. The molecule has 0 unspecified atom stereocenters. The summed E-state index contributed by atoms with van der Waals surface area (Å²) in [6.07, 6.45) is 0. The molecular weight excluding hydrogens is 440 g/mol. The lowest BCUT2D eigenvalue weighted by molar-refractivity contribution is 0.415. The zero-order chi connectivity index (χ0) is 24.2. The molecule has 7 rings (SSSR count). The van der Waals surface area contributed by atoms with E-state index in [9.17, 15) is 0 Å². The normalized spacial score (nSPS) is 11.6. The summed E-state index contributed by atoms with van der Waals surface area (Å²) in [6, 6.07) is 39.2. The fourth-order valence-corrected chi connectivity index (χ4v) is 5.76. The lowest BCUT2D eigenvalue weighted by atomic mass is 9.85. The third kappa shape index (κ3) is 2.98. The van der Waals surface area contributed by atoms with E-state index in [1.807, 2.05) is 24.3 Å². The predicted octanol–water partition coefficient (Wildman–Crippen LogP) is 9.09. The van der Waals surface area contributed by atoms with Gasteiger partial charge in [0.25, 0.3) is 0 Å². The van der Waals surface area contributed by atoms with E-state index in [2.05, 4.69) is 84.9 Å². The summed E-state index contributed by atoms with van der Waals surface area (Å²) in [7, 11) is 3.41. The molecule has 7 aromatic carbocycles. The van der Waals surface area contributed by atoms with Crippen LogP contribution in [0.5, 0.6) is 11.5 Å². The number of rotatable bonds is 4. The van der Waals surface area contributed by atoms with Gasteiger partial charge in [-0.15, -0.1) is 0 Å². The summed E-state index contributed by atoms with van der Waals surface area (Å²) in [6.45, 7) is 0. The Balaban J connectivity index is 1.54. The van der Waals surface area contributed by atoms with Gasteiger partial charge >= 0.3 is 0 Å². The van der Waals surface area contributed by atoms with Crippen LogP contribution in [0, 0.1) is 0 Å². The predicted molar refractivity (Wildman–Crippen MR) is 152 cm³/mol. The minimum absolute atomic E-state index is 0.870. The van der Waals surface area contributed by atoms with Gasteiger partial charge in [0.15, 0.2) is 0 Å². The molecule has 7 aromatic rings. The molecule has 0 aliphatic heterocycles. The number of benzene rings is 7. The van der Waals surface area contributed by atoms with E-state index in [0.29, 0.717) is 0 Å². The van der Waals surface area contributed by atoms with E-state index in [1.54, 1.807) is 14.2 Å². The molecule has 0 N–H and O–H groups in total. The Morgan fingerprint density at radius 3 is 1.11 bits per heavy atom. The third-order valence-corrected chi connectivity index (χ3v) is 7.46. The number of hydrogen-bond donors (Lipinski definition) is 0. The van der Waals surface area contributed by atoms with E-state index in [4.69, 9.17) is 9.47 Å². The molecule has 2 heteroatoms. The summed E-state index contributed by atoms with van der Waals surface area (Å²) in [5, 5.41) is 10.4. The molecule has 36 heavy (non-hydrogen) atoms. The molecule has 0 spiro atoms. The zero-order valence-electron chi connectivity index (χ0n) is 20.2. The third-order valence-electron chi connectivity index (χ3n) is 7.46. The first-order valence-corrected chi connectivity index (χ1v) is 12.2. The molecule has 0 aliphatic rings. The van der Waals surface area contributed by atoms with Gasteiger partial charge in [0.1, 0.15) is 11.5 Å². The topological polar surface area (TPSA) is 18.5 Å². The Hall–Kier alpha value is -4.56. The van der Waals surface area contributed by atoms with Crippen molar-refractivity contribution in [2.45, 2.75) is 0 Å². The van der Waals surface area contributed by atoms with E-state index in [-0.39, 0.29) is 0 Å². The number of hydrogen-bond acceptors (Lipinski definition) is 2.